The van der Waals surface area contributed by atoms with Gasteiger partial charge in [0.05, 0.1) is 18.6 Å². The molecule has 2 aliphatic carbocycles. The molecule has 318 valence electrons. The van der Waals surface area contributed by atoms with Crippen LogP contribution in [-0.2, 0) is 23.9 Å². The van der Waals surface area contributed by atoms with Crippen LogP contribution in [0.3, 0.4) is 0 Å². The topological polar surface area (TPSA) is 149 Å². The van der Waals surface area contributed by atoms with Crippen molar-refractivity contribution in [2.24, 2.45) is 11.3 Å². The summed E-state index contributed by atoms with van der Waals surface area (Å²) >= 11 is 0. The third-order valence-corrected chi connectivity index (χ3v) is 10.9. The maximum atomic E-state index is 14.3. The third kappa shape index (κ3) is 13.0. The van der Waals surface area contributed by atoms with Gasteiger partial charge in [0.15, 0.2) is 0 Å². The Bertz CT molecular complexity index is 1600. The molecular formula is C43H66F2N6O6. The number of likely N-dealkylation sites (N-methyl/N-ethyl adjacent to an activating group) is 1. The molecule has 4 N–H and O–H groups in total. The molecule has 0 radical (unpaired) electrons. The van der Waals surface area contributed by atoms with E-state index in [4.69, 9.17) is 4.74 Å². The highest BCUT2D eigenvalue weighted by Gasteiger charge is 2.57. The molecule has 1 aliphatic heterocycles. The number of carbonyl (C=O) groups excluding carboxylic acids is 5. The fourth-order valence-electron chi connectivity index (χ4n) is 7.42. The molecule has 14 heteroatoms. The number of benzene rings is 1. The lowest BCUT2D eigenvalue weighted by molar-refractivity contribution is -0.139. The minimum Gasteiger partial charge on any atom is -0.444 e. The van der Waals surface area contributed by atoms with Crippen LogP contribution in [0, 0.1) is 11.3 Å². The zero-order valence-corrected chi connectivity index (χ0v) is 35.3. The standard InChI is InChI=1S/C40H58F2N6O6.C3H8/c1-9-18-38(4,5)54-37(53)46-33(39(6)19-14-20-39)36(52)48-21-13-17-30(48)26(3)44-29(22-28-23-40(28,41)42)25(2)34(50)43-24-31(49)45-32(35(51)47(7)8)27-15-11-10-12-16-27;1-3-2/h10-12,15-16,28-30,32-33,44H,2-3,9,13-14,17-24H2,1,4-8H3,(H,43,50)(H,45,49)(H,46,53);3H2,1-2H3. The molecule has 0 aromatic heterocycles. The van der Waals surface area contributed by atoms with Gasteiger partial charge in [-0.3, -0.25) is 19.2 Å². The molecule has 0 spiro atoms. The number of nitrogens with zero attached hydrogens (tertiary/aromatic N) is 2. The van der Waals surface area contributed by atoms with Gasteiger partial charge in [-0.1, -0.05) is 90.4 Å². The van der Waals surface area contributed by atoms with E-state index >= 15 is 0 Å². The number of hydrogen-bond donors (Lipinski definition) is 4. The molecule has 5 amide bonds. The Morgan fingerprint density at radius 2 is 1.61 bits per heavy atom. The van der Waals surface area contributed by atoms with Gasteiger partial charge in [-0.15, -0.1) is 0 Å². The number of nitrogens with one attached hydrogen (secondary N) is 4. The van der Waals surface area contributed by atoms with E-state index in [1.54, 1.807) is 49.3 Å². The second-order valence-electron chi connectivity index (χ2n) is 16.9. The van der Waals surface area contributed by atoms with Gasteiger partial charge in [0, 0.05) is 44.2 Å². The molecule has 3 fully saturated rings. The largest absolute Gasteiger partial charge is 0.444 e. The number of alkyl halides is 2. The van der Waals surface area contributed by atoms with Crippen LogP contribution < -0.4 is 21.3 Å². The van der Waals surface area contributed by atoms with E-state index in [1.165, 1.54) is 11.3 Å². The van der Waals surface area contributed by atoms with Gasteiger partial charge in [0.1, 0.15) is 17.7 Å². The summed E-state index contributed by atoms with van der Waals surface area (Å²) in [5.41, 5.74) is -0.327. The summed E-state index contributed by atoms with van der Waals surface area (Å²) in [7, 11) is 3.13. The van der Waals surface area contributed by atoms with Crippen LogP contribution in [0.25, 0.3) is 0 Å². The molecule has 1 aromatic carbocycles. The van der Waals surface area contributed by atoms with Gasteiger partial charge in [0.25, 0.3) is 5.92 Å². The number of hydrogen-bond acceptors (Lipinski definition) is 7. The Kier molecular flexibility index (Phi) is 16.7. The van der Waals surface area contributed by atoms with E-state index in [1.807, 2.05) is 27.7 Å². The smallest absolute Gasteiger partial charge is 0.408 e. The Balaban J connectivity index is 0.00000281. The Labute approximate surface area is 338 Å². The molecule has 5 unspecified atom stereocenters. The zero-order valence-electron chi connectivity index (χ0n) is 35.3. The number of alkyl carbamates (subject to hydrolysis) is 1. The van der Waals surface area contributed by atoms with Crippen LogP contribution in [0.4, 0.5) is 13.6 Å². The van der Waals surface area contributed by atoms with Crippen molar-refractivity contribution in [3.05, 3.63) is 60.3 Å². The second-order valence-corrected chi connectivity index (χ2v) is 16.9. The fraction of sp³-hybridized carbons (Fsp3) is 0.651. The van der Waals surface area contributed by atoms with Crippen molar-refractivity contribution in [1.29, 1.82) is 0 Å². The molecule has 1 saturated heterocycles. The van der Waals surface area contributed by atoms with Crippen molar-refractivity contribution in [2.45, 2.75) is 141 Å². The number of carbonyl (C=O) groups is 5. The van der Waals surface area contributed by atoms with Gasteiger partial charge >= 0.3 is 6.09 Å². The van der Waals surface area contributed by atoms with Gasteiger partial charge < -0.3 is 35.8 Å². The Hall–Kier alpha value is -4.49. The van der Waals surface area contributed by atoms with Crippen molar-refractivity contribution >= 4 is 29.7 Å². The number of likely N-dealkylation sites (tertiary alicyclic amines) is 1. The molecule has 3 aliphatic rings. The average molecular weight is 801 g/mol. The lowest BCUT2D eigenvalue weighted by Gasteiger charge is -2.46. The SMILES string of the molecule is C=C(C(=O)NCC(=O)NC(C(=O)N(C)C)c1ccccc1)C(CC1CC1(F)F)NC(=C)C1CCCN1C(=O)C(NC(=O)OC(C)(C)CCC)C1(C)CCC1.CCC. The highest BCUT2D eigenvalue weighted by atomic mass is 19.3. The molecular weight excluding hydrogens is 735 g/mol. The highest BCUT2D eigenvalue weighted by Crippen LogP contribution is 2.51. The van der Waals surface area contributed by atoms with Gasteiger partial charge in [-0.2, -0.15) is 0 Å². The fourth-order valence-corrected chi connectivity index (χ4v) is 7.42. The summed E-state index contributed by atoms with van der Waals surface area (Å²) in [6.45, 7) is 19.9. The van der Waals surface area contributed by atoms with Crippen LogP contribution in [0.5, 0.6) is 0 Å². The summed E-state index contributed by atoms with van der Waals surface area (Å²) in [6.07, 6.45) is 5.24. The Morgan fingerprint density at radius 3 is 2.14 bits per heavy atom. The first kappa shape index (κ1) is 46.9. The summed E-state index contributed by atoms with van der Waals surface area (Å²) in [5.74, 6) is -5.88. The van der Waals surface area contributed by atoms with Crippen LogP contribution >= 0.6 is 0 Å². The van der Waals surface area contributed by atoms with Crippen LogP contribution in [0.15, 0.2) is 54.8 Å². The van der Waals surface area contributed by atoms with Gasteiger partial charge in [0.2, 0.25) is 23.6 Å². The predicted molar refractivity (Wildman–Crippen MR) is 217 cm³/mol. The molecule has 5 atom stereocenters. The van der Waals surface area contributed by atoms with Gasteiger partial charge in [-0.25, -0.2) is 13.6 Å². The molecule has 2 saturated carbocycles. The van der Waals surface area contributed by atoms with E-state index < -0.39 is 71.5 Å². The van der Waals surface area contributed by atoms with E-state index in [0.717, 1.165) is 25.7 Å². The second kappa shape index (κ2) is 20.3. The zero-order chi connectivity index (χ0) is 42.7. The van der Waals surface area contributed by atoms with E-state index in [2.05, 4.69) is 48.3 Å². The van der Waals surface area contributed by atoms with E-state index in [9.17, 15) is 32.8 Å². The first-order chi connectivity index (χ1) is 26.7. The normalized spacial score (nSPS) is 20.5. The lowest BCUT2D eigenvalue weighted by Crippen LogP contribution is -2.60. The number of halogens is 2. The molecule has 1 aromatic rings. The van der Waals surface area contributed by atoms with Gasteiger partial charge in [-0.05, 0) is 63.4 Å². The number of ether oxygens (including phenoxy) is 1. The van der Waals surface area contributed by atoms with E-state index in [0.29, 0.717) is 37.1 Å². The van der Waals surface area contributed by atoms with Crippen molar-refractivity contribution < 1.29 is 37.5 Å². The van der Waals surface area contributed by atoms with Crippen molar-refractivity contribution in [3.8, 4) is 0 Å². The summed E-state index contributed by atoms with van der Waals surface area (Å²) in [4.78, 5) is 69.6. The summed E-state index contributed by atoms with van der Waals surface area (Å²) in [5, 5.41) is 11.2. The number of rotatable bonds is 18. The summed E-state index contributed by atoms with van der Waals surface area (Å²) < 4.78 is 34.1. The number of amides is 5. The molecule has 57 heavy (non-hydrogen) atoms. The van der Waals surface area contributed by atoms with Crippen molar-refractivity contribution in [3.63, 3.8) is 0 Å². The third-order valence-electron chi connectivity index (χ3n) is 10.9. The van der Waals surface area contributed by atoms with E-state index in [-0.39, 0.29) is 30.2 Å². The Morgan fingerprint density at radius 1 is 1.00 bits per heavy atom. The minimum atomic E-state index is -2.88. The molecule has 1 heterocycles. The predicted octanol–water partition coefficient (Wildman–Crippen LogP) is 6.39. The van der Waals surface area contributed by atoms with Crippen molar-refractivity contribution in [2.75, 3.05) is 27.2 Å². The molecule has 0 bridgehead atoms. The van der Waals surface area contributed by atoms with Crippen LogP contribution in [0.2, 0.25) is 0 Å². The first-order valence-corrected chi connectivity index (χ1v) is 20.4. The average Bonchev–Trinajstić information content (AvgIpc) is 3.47. The minimum absolute atomic E-state index is 0.0783. The molecule has 4 rings (SSSR count). The van der Waals surface area contributed by atoms with Crippen LogP contribution in [0.1, 0.15) is 117 Å². The maximum absolute atomic E-state index is 14.3. The highest BCUT2D eigenvalue weighted by molar-refractivity contribution is 5.97. The maximum Gasteiger partial charge on any atom is 0.408 e. The summed E-state index contributed by atoms with van der Waals surface area (Å²) in [6, 6.07) is 5.34. The molecule has 12 nitrogen and oxygen atoms in total. The lowest BCUT2D eigenvalue weighted by atomic mass is 9.65. The van der Waals surface area contributed by atoms with Crippen molar-refractivity contribution in [1.82, 2.24) is 31.1 Å². The van der Waals surface area contributed by atoms with Crippen LogP contribution in [-0.4, -0.2) is 96.4 Å². The first-order valence-electron chi connectivity index (χ1n) is 20.4. The quantitative estimate of drug-likeness (QED) is 0.126. The monoisotopic (exact) mass is 801 g/mol.